The van der Waals surface area contributed by atoms with Crippen LogP contribution in [-0.2, 0) is 0 Å². The highest BCUT2D eigenvalue weighted by molar-refractivity contribution is 5.61. The molecule has 4 heteroatoms. The van der Waals surface area contributed by atoms with Crippen LogP contribution in [0.2, 0.25) is 0 Å². The van der Waals surface area contributed by atoms with Gasteiger partial charge in [-0.2, -0.15) is 5.26 Å². The summed E-state index contributed by atoms with van der Waals surface area (Å²) in [6.45, 7) is 2.98. The monoisotopic (exact) mass is 278 g/mol. The lowest BCUT2D eigenvalue weighted by Crippen LogP contribution is -2.30. The molecule has 21 heavy (non-hydrogen) atoms. The van der Waals surface area contributed by atoms with Crippen molar-refractivity contribution in [2.75, 3.05) is 23.8 Å². The third kappa shape index (κ3) is 2.68. The first-order valence-corrected chi connectivity index (χ1v) is 7.13. The molecule has 3 rings (SSSR count). The van der Waals surface area contributed by atoms with Crippen molar-refractivity contribution >= 4 is 11.5 Å². The molecule has 2 heterocycles. The topological polar surface area (TPSA) is 52.0 Å². The molecule has 0 aliphatic carbocycles. The standard InChI is InChI=1S/C17H18N4/c1-12-4-3-5-17(19-12)20-15-8-9-21(2)16-7-6-13(11-18)10-14(15)16/h3-7,10,15H,8-9H2,1-2H3,(H,19,20). The fourth-order valence-corrected chi connectivity index (χ4v) is 2.80. The Kier molecular flexibility index (Phi) is 3.49. The number of rotatable bonds is 2. The van der Waals surface area contributed by atoms with Gasteiger partial charge >= 0.3 is 0 Å². The second-order valence-corrected chi connectivity index (χ2v) is 5.46. The number of nitrogens with zero attached hydrogens (tertiary/aromatic N) is 3. The van der Waals surface area contributed by atoms with E-state index in [0.29, 0.717) is 5.56 Å². The van der Waals surface area contributed by atoms with E-state index in [1.165, 1.54) is 11.3 Å². The summed E-state index contributed by atoms with van der Waals surface area (Å²) in [7, 11) is 2.09. The van der Waals surface area contributed by atoms with Crippen molar-refractivity contribution in [3.05, 3.63) is 53.2 Å². The van der Waals surface area contributed by atoms with Gasteiger partial charge < -0.3 is 10.2 Å². The van der Waals surface area contributed by atoms with Gasteiger partial charge in [0.25, 0.3) is 0 Å². The number of aromatic nitrogens is 1. The van der Waals surface area contributed by atoms with Crippen LogP contribution in [0, 0.1) is 18.3 Å². The van der Waals surface area contributed by atoms with Crippen LogP contribution >= 0.6 is 0 Å². The van der Waals surface area contributed by atoms with E-state index in [9.17, 15) is 0 Å². The van der Waals surface area contributed by atoms with Gasteiger partial charge in [-0.1, -0.05) is 6.07 Å². The Balaban J connectivity index is 1.95. The predicted octanol–water partition coefficient (Wildman–Crippen LogP) is 3.25. The Bertz CT molecular complexity index is 702. The summed E-state index contributed by atoms with van der Waals surface area (Å²) in [5.74, 6) is 0.887. The minimum atomic E-state index is 0.193. The molecule has 1 aromatic carbocycles. The first kappa shape index (κ1) is 13.4. The van der Waals surface area contributed by atoms with Crippen LogP contribution in [0.1, 0.15) is 29.3 Å². The Labute approximate surface area is 125 Å². The van der Waals surface area contributed by atoms with E-state index in [1.54, 1.807) is 0 Å². The molecule has 106 valence electrons. The quantitative estimate of drug-likeness (QED) is 0.916. The van der Waals surface area contributed by atoms with Gasteiger partial charge in [0.2, 0.25) is 0 Å². The molecule has 0 saturated heterocycles. The molecule has 1 unspecified atom stereocenters. The molecular weight excluding hydrogens is 260 g/mol. The molecule has 4 nitrogen and oxygen atoms in total. The summed E-state index contributed by atoms with van der Waals surface area (Å²) in [5.41, 5.74) is 4.06. The maximum Gasteiger partial charge on any atom is 0.126 e. The van der Waals surface area contributed by atoms with E-state index in [-0.39, 0.29) is 6.04 Å². The molecule has 1 atom stereocenters. The summed E-state index contributed by atoms with van der Waals surface area (Å²) in [6.07, 6.45) is 0.994. The van der Waals surface area contributed by atoms with Gasteiger partial charge in [-0.15, -0.1) is 0 Å². The average molecular weight is 278 g/mol. The molecule has 0 bridgehead atoms. The SMILES string of the molecule is Cc1cccc(NC2CCN(C)c3ccc(C#N)cc32)n1. The summed E-state index contributed by atoms with van der Waals surface area (Å²) >= 11 is 0. The van der Waals surface area contributed by atoms with Crippen LogP contribution in [-0.4, -0.2) is 18.6 Å². The number of hydrogen-bond donors (Lipinski definition) is 1. The van der Waals surface area contributed by atoms with Crippen LogP contribution in [0.5, 0.6) is 0 Å². The minimum absolute atomic E-state index is 0.193. The molecule has 0 amide bonds. The average Bonchev–Trinajstić information content (AvgIpc) is 2.50. The second-order valence-electron chi connectivity index (χ2n) is 5.46. The van der Waals surface area contributed by atoms with Crippen LogP contribution in [0.15, 0.2) is 36.4 Å². The molecule has 0 radical (unpaired) electrons. The summed E-state index contributed by atoms with van der Waals surface area (Å²) < 4.78 is 0. The zero-order valence-corrected chi connectivity index (χ0v) is 12.3. The van der Waals surface area contributed by atoms with E-state index in [1.807, 2.05) is 43.3 Å². The van der Waals surface area contributed by atoms with Gasteiger partial charge in [0, 0.05) is 25.0 Å². The number of benzene rings is 1. The van der Waals surface area contributed by atoms with E-state index < -0.39 is 0 Å². The Morgan fingerprint density at radius 2 is 2.19 bits per heavy atom. The molecule has 1 aromatic heterocycles. The number of nitriles is 1. The van der Waals surface area contributed by atoms with Gasteiger partial charge in [-0.3, -0.25) is 0 Å². The lowest BCUT2D eigenvalue weighted by atomic mass is 9.95. The van der Waals surface area contributed by atoms with Crippen LogP contribution in [0.4, 0.5) is 11.5 Å². The first-order valence-electron chi connectivity index (χ1n) is 7.13. The lowest BCUT2D eigenvalue weighted by Gasteiger charge is -2.34. The van der Waals surface area contributed by atoms with Crippen molar-refractivity contribution in [2.24, 2.45) is 0 Å². The zero-order valence-electron chi connectivity index (χ0n) is 12.3. The van der Waals surface area contributed by atoms with Crippen molar-refractivity contribution in [3.8, 4) is 6.07 Å². The maximum atomic E-state index is 9.12. The highest BCUT2D eigenvalue weighted by atomic mass is 15.1. The Morgan fingerprint density at radius 1 is 1.33 bits per heavy atom. The van der Waals surface area contributed by atoms with Gasteiger partial charge in [0.1, 0.15) is 5.82 Å². The maximum absolute atomic E-state index is 9.12. The predicted molar refractivity (Wildman–Crippen MR) is 84.4 cm³/mol. The van der Waals surface area contributed by atoms with Gasteiger partial charge in [0.05, 0.1) is 17.7 Å². The number of hydrogen-bond acceptors (Lipinski definition) is 4. The van der Waals surface area contributed by atoms with E-state index in [4.69, 9.17) is 5.26 Å². The summed E-state index contributed by atoms with van der Waals surface area (Å²) in [5, 5.41) is 12.6. The van der Waals surface area contributed by atoms with Gasteiger partial charge in [0.15, 0.2) is 0 Å². The first-order chi connectivity index (χ1) is 10.2. The molecular formula is C17H18N4. The molecule has 1 aliphatic heterocycles. The molecule has 1 N–H and O–H groups in total. The van der Waals surface area contributed by atoms with Crippen LogP contribution < -0.4 is 10.2 Å². The molecule has 1 aliphatic rings. The number of nitrogens with one attached hydrogen (secondary N) is 1. The fraction of sp³-hybridized carbons (Fsp3) is 0.294. The number of anilines is 2. The van der Waals surface area contributed by atoms with E-state index in [0.717, 1.165) is 24.5 Å². The smallest absolute Gasteiger partial charge is 0.126 e. The van der Waals surface area contributed by atoms with Crippen molar-refractivity contribution in [1.29, 1.82) is 5.26 Å². The molecule has 0 spiro atoms. The van der Waals surface area contributed by atoms with Crippen LogP contribution in [0.3, 0.4) is 0 Å². The highest BCUT2D eigenvalue weighted by Crippen LogP contribution is 2.35. The minimum Gasteiger partial charge on any atom is -0.374 e. The van der Waals surface area contributed by atoms with Gasteiger partial charge in [-0.05, 0) is 49.2 Å². The van der Waals surface area contributed by atoms with Crippen molar-refractivity contribution in [2.45, 2.75) is 19.4 Å². The highest BCUT2D eigenvalue weighted by Gasteiger charge is 2.23. The van der Waals surface area contributed by atoms with E-state index >= 15 is 0 Å². The third-order valence-electron chi connectivity index (χ3n) is 3.91. The van der Waals surface area contributed by atoms with Crippen molar-refractivity contribution < 1.29 is 0 Å². The fourth-order valence-electron chi connectivity index (χ4n) is 2.80. The largest absolute Gasteiger partial charge is 0.374 e. The van der Waals surface area contributed by atoms with Crippen LogP contribution in [0.25, 0.3) is 0 Å². The van der Waals surface area contributed by atoms with E-state index in [2.05, 4.69) is 28.3 Å². The number of fused-ring (bicyclic) bond motifs is 1. The zero-order chi connectivity index (χ0) is 14.8. The molecule has 0 saturated carbocycles. The third-order valence-corrected chi connectivity index (χ3v) is 3.91. The van der Waals surface area contributed by atoms with Crippen molar-refractivity contribution in [3.63, 3.8) is 0 Å². The molecule has 0 fully saturated rings. The summed E-state index contributed by atoms with van der Waals surface area (Å²) in [4.78, 5) is 6.75. The Morgan fingerprint density at radius 3 is 2.95 bits per heavy atom. The Hall–Kier alpha value is -2.54. The molecule has 2 aromatic rings. The number of aryl methyl sites for hydroxylation is 1. The summed E-state index contributed by atoms with van der Waals surface area (Å²) in [6, 6.07) is 14.3. The van der Waals surface area contributed by atoms with Gasteiger partial charge in [-0.25, -0.2) is 4.98 Å². The second kappa shape index (κ2) is 5.45. The normalized spacial score (nSPS) is 17.0. The lowest BCUT2D eigenvalue weighted by molar-refractivity contribution is 0.645. The van der Waals surface area contributed by atoms with Crippen molar-refractivity contribution in [1.82, 2.24) is 4.98 Å². The number of pyridine rings is 1.